The molecule has 1 aliphatic heterocycles. The summed E-state index contributed by atoms with van der Waals surface area (Å²) in [7, 11) is 0. The van der Waals surface area contributed by atoms with Gasteiger partial charge in [0.25, 0.3) is 0 Å². The highest BCUT2D eigenvalue weighted by molar-refractivity contribution is 5.00. The Morgan fingerprint density at radius 3 is 3.11 bits per heavy atom. The Bertz CT molecular complexity index is 282. The summed E-state index contributed by atoms with van der Waals surface area (Å²) in [4.78, 5) is 2.54. The molecule has 104 valence electrons. The summed E-state index contributed by atoms with van der Waals surface area (Å²) in [5, 5.41) is 8.92. The van der Waals surface area contributed by atoms with Gasteiger partial charge < -0.3 is 9.84 Å². The lowest BCUT2D eigenvalue weighted by Crippen LogP contribution is -2.49. The maximum atomic E-state index is 8.92. The molecule has 0 bridgehead atoms. The van der Waals surface area contributed by atoms with Gasteiger partial charge in [-0.3, -0.25) is 4.90 Å². The molecule has 1 saturated heterocycles. The third kappa shape index (κ3) is 2.63. The van der Waals surface area contributed by atoms with Crippen LogP contribution in [0, 0.1) is 11.8 Å². The van der Waals surface area contributed by atoms with Crippen LogP contribution in [0.2, 0.25) is 0 Å². The lowest BCUT2D eigenvalue weighted by atomic mass is 9.99. The Morgan fingerprint density at radius 2 is 2.39 bits per heavy atom. The first-order valence-corrected chi connectivity index (χ1v) is 7.35. The Morgan fingerprint density at radius 1 is 1.56 bits per heavy atom. The molecular formula is C15H27NO2. The normalized spacial score (nSPS) is 33.6. The fourth-order valence-electron chi connectivity index (χ4n) is 3.58. The van der Waals surface area contributed by atoms with E-state index < -0.39 is 0 Å². The lowest BCUT2D eigenvalue weighted by molar-refractivity contribution is -0.153. The number of aliphatic hydroxyl groups is 1. The van der Waals surface area contributed by atoms with Gasteiger partial charge in [0.15, 0.2) is 0 Å². The Labute approximate surface area is 111 Å². The monoisotopic (exact) mass is 253 g/mol. The van der Waals surface area contributed by atoms with Crippen LogP contribution in [0.5, 0.6) is 0 Å². The van der Waals surface area contributed by atoms with Crippen molar-refractivity contribution >= 4 is 0 Å². The van der Waals surface area contributed by atoms with E-state index in [9.17, 15) is 0 Å². The zero-order chi connectivity index (χ0) is 13.0. The van der Waals surface area contributed by atoms with Crippen LogP contribution in [-0.2, 0) is 4.74 Å². The van der Waals surface area contributed by atoms with Crippen molar-refractivity contribution < 1.29 is 9.84 Å². The largest absolute Gasteiger partial charge is 0.396 e. The molecule has 0 spiro atoms. The molecule has 3 atom stereocenters. The second kappa shape index (κ2) is 6.18. The molecule has 0 unspecified atom stereocenters. The summed E-state index contributed by atoms with van der Waals surface area (Å²) in [5.74, 6) is 1.22. The van der Waals surface area contributed by atoms with E-state index in [1.807, 2.05) is 6.08 Å². The van der Waals surface area contributed by atoms with Gasteiger partial charge in [0.2, 0.25) is 0 Å². The van der Waals surface area contributed by atoms with E-state index in [1.54, 1.807) is 0 Å². The number of hydrogen-bond donors (Lipinski definition) is 1. The van der Waals surface area contributed by atoms with Crippen LogP contribution in [0.3, 0.4) is 0 Å². The maximum Gasteiger partial charge on any atom is 0.124 e. The van der Waals surface area contributed by atoms with Gasteiger partial charge in [-0.15, -0.1) is 6.58 Å². The van der Waals surface area contributed by atoms with E-state index in [-0.39, 0.29) is 12.3 Å². The van der Waals surface area contributed by atoms with Crippen LogP contribution in [-0.4, -0.2) is 42.0 Å². The third-order valence-electron chi connectivity index (χ3n) is 4.57. The van der Waals surface area contributed by atoms with Crippen molar-refractivity contribution in [2.45, 2.75) is 44.8 Å². The van der Waals surface area contributed by atoms with Crippen molar-refractivity contribution in [3.63, 3.8) is 0 Å². The number of likely N-dealkylation sites (tertiary alicyclic amines) is 1. The molecule has 3 nitrogen and oxygen atoms in total. The number of hydrogen-bond acceptors (Lipinski definition) is 3. The average Bonchev–Trinajstić information content (AvgIpc) is 2.90. The SMILES string of the molecule is C=C[C@@H](C)CN1CC[C@H]2CCC[C@]21OCCCO. The van der Waals surface area contributed by atoms with Crippen LogP contribution < -0.4 is 0 Å². The van der Waals surface area contributed by atoms with Crippen LogP contribution in [0.4, 0.5) is 0 Å². The summed E-state index contributed by atoms with van der Waals surface area (Å²) in [6.45, 7) is 9.23. The highest BCUT2D eigenvalue weighted by atomic mass is 16.5. The van der Waals surface area contributed by atoms with Gasteiger partial charge in [-0.2, -0.15) is 0 Å². The van der Waals surface area contributed by atoms with Crippen molar-refractivity contribution in [3.05, 3.63) is 12.7 Å². The molecule has 0 radical (unpaired) electrons. The van der Waals surface area contributed by atoms with E-state index in [0.29, 0.717) is 18.4 Å². The first-order valence-electron chi connectivity index (χ1n) is 7.35. The fraction of sp³-hybridized carbons (Fsp3) is 0.867. The average molecular weight is 253 g/mol. The van der Waals surface area contributed by atoms with Crippen molar-refractivity contribution in [2.75, 3.05) is 26.3 Å². The predicted molar refractivity (Wildman–Crippen MR) is 73.3 cm³/mol. The smallest absolute Gasteiger partial charge is 0.124 e. The van der Waals surface area contributed by atoms with Gasteiger partial charge in [0.1, 0.15) is 5.72 Å². The van der Waals surface area contributed by atoms with E-state index in [2.05, 4.69) is 18.4 Å². The van der Waals surface area contributed by atoms with E-state index >= 15 is 0 Å². The zero-order valence-corrected chi connectivity index (χ0v) is 11.6. The number of rotatable bonds is 7. The molecule has 1 N–H and O–H groups in total. The van der Waals surface area contributed by atoms with Gasteiger partial charge in [-0.1, -0.05) is 13.0 Å². The molecule has 2 fully saturated rings. The van der Waals surface area contributed by atoms with E-state index in [0.717, 1.165) is 25.9 Å². The molecule has 0 aromatic rings. The Balaban J connectivity index is 2.01. The van der Waals surface area contributed by atoms with Crippen LogP contribution in [0.15, 0.2) is 12.7 Å². The second-order valence-electron chi connectivity index (χ2n) is 5.81. The van der Waals surface area contributed by atoms with Gasteiger partial charge in [-0.25, -0.2) is 0 Å². The summed E-state index contributed by atoms with van der Waals surface area (Å²) in [6.07, 6.45) is 7.79. The third-order valence-corrected chi connectivity index (χ3v) is 4.57. The van der Waals surface area contributed by atoms with E-state index in [4.69, 9.17) is 9.84 Å². The highest BCUT2D eigenvalue weighted by Crippen LogP contribution is 2.48. The van der Waals surface area contributed by atoms with Crippen LogP contribution in [0.1, 0.15) is 39.0 Å². The first-order chi connectivity index (χ1) is 8.73. The topological polar surface area (TPSA) is 32.7 Å². The van der Waals surface area contributed by atoms with Crippen molar-refractivity contribution in [2.24, 2.45) is 11.8 Å². The van der Waals surface area contributed by atoms with Crippen molar-refractivity contribution in [1.82, 2.24) is 4.90 Å². The zero-order valence-electron chi connectivity index (χ0n) is 11.6. The lowest BCUT2D eigenvalue weighted by Gasteiger charge is -2.39. The quantitative estimate of drug-likeness (QED) is 0.558. The van der Waals surface area contributed by atoms with Crippen LogP contribution >= 0.6 is 0 Å². The summed E-state index contributed by atoms with van der Waals surface area (Å²) in [5.41, 5.74) is -0.0214. The molecule has 1 aliphatic carbocycles. The summed E-state index contributed by atoms with van der Waals surface area (Å²) >= 11 is 0. The standard InChI is InChI=1S/C15H27NO2/c1-3-13(2)12-16-9-7-14-6-4-8-15(14,16)18-11-5-10-17/h3,13-14,17H,1,4-12H2,2H3/t13-,14-,15+/m1/s1. The molecular weight excluding hydrogens is 226 g/mol. The predicted octanol–water partition coefficient (Wildman–Crippen LogP) is 2.41. The fourth-order valence-corrected chi connectivity index (χ4v) is 3.58. The molecule has 0 amide bonds. The molecule has 2 rings (SSSR count). The number of nitrogens with zero attached hydrogens (tertiary/aromatic N) is 1. The minimum Gasteiger partial charge on any atom is -0.396 e. The summed E-state index contributed by atoms with van der Waals surface area (Å²) < 4.78 is 6.24. The minimum absolute atomic E-state index is 0.0214. The Kier molecular flexibility index (Phi) is 4.82. The number of fused-ring (bicyclic) bond motifs is 1. The number of aliphatic hydroxyl groups excluding tert-OH is 1. The van der Waals surface area contributed by atoms with Gasteiger partial charge in [-0.05, 0) is 38.0 Å². The van der Waals surface area contributed by atoms with E-state index in [1.165, 1.54) is 19.3 Å². The van der Waals surface area contributed by atoms with Crippen molar-refractivity contribution in [3.8, 4) is 0 Å². The van der Waals surface area contributed by atoms with Gasteiger partial charge >= 0.3 is 0 Å². The van der Waals surface area contributed by atoms with Gasteiger partial charge in [0, 0.05) is 25.6 Å². The molecule has 2 aliphatic rings. The van der Waals surface area contributed by atoms with Gasteiger partial charge in [0.05, 0.1) is 6.61 Å². The summed E-state index contributed by atoms with van der Waals surface area (Å²) in [6, 6.07) is 0. The minimum atomic E-state index is -0.0214. The Hall–Kier alpha value is -0.380. The second-order valence-corrected chi connectivity index (χ2v) is 5.81. The molecule has 3 heteroatoms. The molecule has 18 heavy (non-hydrogen) atoms. The van der Waals surface area contributed by atoms with Crippen molar-refractivity contribution in [1.29, 1.82) is 0 Å². The van der Waals surface area contributed by atoms with Crippen LogP contribution in [0.25, 0.3) is 0 Å². The highest BCUT2D eigenvalue weighted by Gasteiger charge is 2.52. The number of ether oxygens (including phenoxy) is 1. The molecule has 1 heterocycles. The molecule has 0 aromatic heterocycles. The maximum absolute atomic E-state index is 8.92. The molecule has 0 aromatic carbocycles. The first kappa shape index (κ1) is 14.0. The molecule has 1 saturated carbocycles.